The first-order valence-corrected chi connectivity index (χ1v) is 24.4. The lowest BCUT2D eigenvalue weighted by Gasteiger charge is -2.29. The fraction of sp³-hybridized carbons (Fsp3) is 0. The zero-order chi connectivity index (χ0) is 45.7. The highest BCUT2D eigenvalue weighted by Gasteiger charge is 2.22. The zero-order valence-electron chi connectivity index (χ0n) is 37.7. The molecule has 0 fully saturated rings. The normalized spacial score (nSPS) is 11.5. The second-order valence-corrected chi connectivity index (χ2v) is 18.8. The lowest BCUT2D eigenvalue weighted by molar-refractivity contribution is 1.18. The Hall–Kier alpha value is -8.76. The minimum atomic E-state index is 1.08. The van der Waals surface area contributed by atoms with Crippen molar-refractivity contribution >= 4 is 70.4 Å². The summed E-state index contributed by atoms with van der Waals surface area (Å²) in [6.45, 7) is 0. The molecular formula is C66H44N2S. The Morgan fingerprint density at radius 1 is 0.275 bits per heavy atom. The van der Waals surface area contributed by atoms with Crippen LogP contribution in [0.1, 0.15) is 0 Å². The van der Waals surface area contributed by atoms with Crippen molar-refractivity contribution in [2.75, 3.05) is 4.90 Å². The maximum absolute atomic E-state index is 2.44. The average Bonchev–Trinajstić information content (AvgIpc) is 3.97. The monoisotopic (exact) mass is 896 g/mol. The van der Waals surface area contributed by atoms with Crippen LogP contribution in [0.5, 0.6) is 0 Å². The quantitative estimate of drug-likeness (QED) is 0.140. The van der Waals surface area contributed by atoms with Crippen LogP contribution in [0.3, 0.4) is 0 Å². The standard InChI is InChI=1S/C66H44N2S/c1-3-15-45(16-4-1)47-27-29-48(30-28-47)50-33-39-54(40-34-50)67(53-37-31-49(32-38-53)46-17-5-2-6-18-46)64-42-36-51(43-60(64)52-35-41-59-58-22-10-14-26-65(58)69-66(59)44-52)55-19-7-11-23-61(55)68-62-24-12-8-20-56(62)57-21-9-13-25-63(57)68/h1-44H. The third-order valence-electron chi connectivity index (χ3n) is 13.6. The molecule has 2 nitrogen and oxygen atoms in total. The molecule has 0 saturated carbocycles. The molecule has 2 aromatic heterocycles. The third-order valence-corrected chi connectivity index (χ3v) is 14.8. The smallest absolute Gasteiger partial charge is 0.0541 e. The summed E-state index contributed by atoms with van der Waals surface area (Å²) < 4.78 is 5.01. The first-order valence-electron chi connectivity index (χ1n) is 23.6. The fourth-order valence-corrected chi connectivity index (χ4v) is 11.4. The minimum absolute atomic E-state index is 1.08. The van der Waals surface area contributed by atoms with Gasteiger partial charge in [0.2, 0.25) is 0 Å². The Labute approximate surface area is 405 Å². The molecule has 0 aliphatic heterocycles. The summed E-state index contributed by atoms with van der Waals surface area (Å²) in [4.78, 5) is 2.43. The maximum atomic E-state index is 2.44. The maximum Gasteiger partial charge on any atom is 0.0541 e. The predicted molar refractivity (Wildman–Crippen MR) is 296 cm³/mol. The van der Waals surface area contributed by atoms with Gasteiger partial charge >= 0.3 is 0 Å². The Morgan fingerprint density at radius 2 is 0.696 bits per heavy atom. The van der Waals surface area contributed by atoms with Gasteiger partial charge in [0.15, 0.2) is 0 Å². The number of hydrogen-bond acceptors (Lipinski definition) is 2. The first-order chi connectivity index (χ1) is 34.2. The van der Waals surface area contributed by atoms with E-state index in [1.807, 2.05) is 11.3 Å². The highest BCUT2D eigenvalue weighted by molar-refractivity contribution is 7.25. The Balaban J connectivity index is 0.998. The summed E-state index contributed by atoms with van der Waals surface area (Å²) in [7, 11) is 0. The topological polar surface area (TPSA) is 8.17 Å². The zero-order valence-corrected chi connectivity index (χ0v) is 38.5. The molecule has 0 aliphatic rings. The van der Waals surface area contributed by atoms with E-state index in [1.165, 1.54) is 86.5 Å². The summed E-state index contributed by atoms with van der Waals surface area (Å²) in [6, 6.07) is 97.5. The van der Waals surface area contributed by atoms with Crippen molar-refractivity contribution < 1.29 is 0 Å². The van der Waals surface area contributed by atoms with Crippen molar-refractivity contribution in [2.45, 2.75) is 0 Å². The van der Waals surface area contributed by atoms with Gasteiger partial charge < -0.3 is 9.47 Å². The number of para-hydroxylation sites is 3. The van der Waals surface area contributed by atoms with Gasteiger partial charge in [-0.2, -0.15) is 0 Å². The summed E-state index contributed by atoms with van der Waals surface area (Å²) in [5.41, 5.74) is 18.6. The van der Waals surface area contributed by atoms with Crippen molar-refractivity contribution in [3.8, 4) is 61.3 Å². The molecule has 0 amide bonds. The summed E-state index contributed by atoms with van der Waals surface area (Å²) in [5, 5.41) is 5.09. The van der Waals surface area contributed by atoms with Crippen molar-refractivity contribution in [2.24, 2.45) is 0 Å². The number of aromatic nitrogens is 1. The van der Waals surface area contributed by atoms with E-state index < -0.39 is 0 Å². The van der Waals surface area contributed by atoms with E-state index in [0.29, 0.717) is 0 Å². The molecule has 0 saturated heterocycles. The number of rotatable bonds is 9. The van der Waals surface area contributed by atoms with E-state index in [1.54, 1.807) is 0 Å². The van der Waals surface area contributed by atoms with Crippen LogP contribution < -0.4 is 4.90 Å². The van der Waals surface area contributed by atoms with E-state index in [9.17, 15) is 0 Å². The highest BCUT2D eigenvalue weighted by atomic mass is 32.1. The van der Waals surface area contributed by atoms with Crippen LogP contribution in [0.4, 0.5) is 17.1 Å². The molecule has 0 spiro atoms. The Morgan fingerprint density at radius 3 is 1.29 bits per heavy atom. The number of hydrogen-bond donors (Lipinski definition) is 0. The van der Waals surface area contributed by atoms with Gasteiger partial charge in [-0.3, -0.25) is 0 Å². The van der Waals surface area contributed by atoms with Gasteiger partial charge in [-0.15, -0.1) is 11.3 Å². The molecular weight excluding hydrogens is 853 g/mol. The van der Waals surface area contributed by atoms with E-state index in [0.717, 1.165) is 33.9 Å². The predicted octanol–water partition coefficient (Wildman–Crippen LogP) is 19.0. The molecule has 0 bridgehead atoms. The first kappa shape index (κ1) is 40.5. The third kappa shape index (κ3) is 7.28. The van der Waals surface area contributed by atoms with Crippen LogP contribution >= 0.6 is 11.3 Å². The molecule has 69 heavy (non-hydrogen) atoms. The van der Waals surface area contributed by atoms with Gasteiger partial charge in [-0.1, -0.05) is 200 Å². The van der Waals surface area contributed by atoms with Gasteiger partial charge in [-0.05, 0) is 111 Å². The van der Waals surface area contributed by atoms with Crippen LogP contribution in [-0.4, -0.2) is 4.57 Å². The van der Waals surface area contributed by atoms with Gasteiger partial charge in [0, 0.05) is 53.4 Å². The average molecular weight is 897 g/mol. The molecule has 13 aromatic rings. The van der Waals surface area contributed by atoms with Crippen LogP contribution in [-0.2, 0) is 0 Å². The molecule has 0 atom stereocenters. The van der Waals surface area contributed by atoms with Gasteiger partial charge in [0.1, 0.15) is 0 Å². The van der Waals surface area contributed by atoms with Gasteiger partial charge in [0.05, 0.1) is 22.4 Å². The number of nitrogens with zero attached hydrogens (tertiary/aromatic N) is 2. The Kier molecular flexibility index (Phi) is 10.1. The second kappa shape index (κ2) is 17.2. The van der Waals surface area contributed by atoms with E-state index >= 15 is 0 Å². The van der Waals surface area contributed by atoms with Crippen LogP contribution in [0.15, 0.2) is 267 Å². The molecule has 0 N–H and O–H groups in total. The van der Waals surface area contributed by atoms with Crippen molar-refractivity contribution in [3.05, 3.63) is 267 Å². The summed E-state index contributed by atoms with van der Waals surface area (Å²) in [6.07, 6.45) is 0. The summed E-state index contributed by atoms with van der Waals surface area (Å²) in [5.74, 6) is 0. The van der Waals surface area contributed by atoms with Crippen molar-refractivity contribution in [1.82, 2.24) is 4.57 Å². The van der Waals surface area contributed by atoms with Crippen LogP contribution in [0.25, 0.3) is 103 Å². The Bertz CT molecular complexity index is 3930. The molecule has 11 aromatic carbocycles. The molecule has 0 unspecified atom stereocenters. The van der Waals surface area contributed by atoms with Gasteiger partial charge in [-0.25, -0.2) is 0 Å². The number of anilines is 3. The van der Waals surface area contributed by atoms with Crippen molar-refractivity contribution in [3.63, 3.8) is 0 Å². The molecule has 13 rings (SSSR count). The lowest BCUT2D eigenvalue weighted by atomic mass is 9.94. The lowest BCUT2D eigenvalue weighted by Crippen LogP contribution is -2.11. The number of fused-ring (bicyclic) bond motifs is 6. The van der Waals surface area contributed by atoms with Crippen LogP contribution in [0.2, 0.25) is 0 Å². The molecule has 0 radical (unpaired) electrons. The summed E-state index contributed by atoms with van der Waals surface area (Å²) >= 11 is 1.86. The van der Waals surface area contributed by atoms with Crippen LogP contribution in [0, 0.1) is 0 Å². The molecule has 3 heteroatoms. The number of thiophene rings is 1. The number of benzene rings is 11. The minimum Gasteiger partial charge on any atom is -0.310 e. The molecule has 0 aliphatic carbocycles. The SMILES string of the molecule is c1ccc(-c2ccc(-c3ccc(N(c4ccc(-c5ccccc5)cc4)c4ccc(-c5ccccc5-n5c6ccccc6c6ccccc65)cc4-c4ccc5c(c4)sc4ccccc45)cc3)cc2)cc1. The van der Waals surface area contributed by atoms with E-state index in [-0.39, 0.29) is 0 Å². The van der Waals surface area contributed by atoms with Crippen molar-refractivity contribution in [1.29, 1.82) is 0 Å². The highest BCUT2D eigenvalue weighted by Crippen LogP contribution is 2.46. The second-order valence-electron chi connectivity index (χ2n) is 17.7. The molecule has 324 valence electrons. The van der Waals surface area contributed by atoms with Gasteiger partial charge in [0.25, 0.3) is 0 Å². The molecule has 2 heterocycles. The van der Waals surface area contributed by atoms with E-state index in [2.05, 4.69) is 276 Å². The largest absolute Gasteiger partial charge is 0.310 e. The van der Waals surface area contributed by atoms with E-state index in [4.69, 9.17) is 0 Å². The fourth-order valence-electron chi connectivity index (χ4n) is 10.3.